The van der Waals surface area contributed by atoms with Gasteiger partial charge < -0.3 is 10.2 Å². The van der Waals surface area contributed by atoms with Crippen LogP contribution >= 0.6 is 0 Å². The number of hydrogen-bond acceptors (Lipinski definition) is 2. The van der Waals surface area contributed by atoms with E-state index in [0.717, 1.165) is 31.6 Å². The first-order valence-corrected chi connectivity index (χ1v) is 9.48. The van der Waals surface area contributed by atoms with Crippen molar-refractivity contribution in [3.63, 3.8) is 0 Å². The Morgan fingerprint density at radius 1 is 0.864 bits per heavy atom. The van der Waals surface area contributed by atoms with E-state index in [-0.39, 0.29) is 11.3 Å². The predicted molar refractivity (Wildman–Crippen MR) is 90.5 cm³/mol. The maximum atomic E-state index is 11.5. The summed E-state index contributed by atoms with van der Waals surface area (Å²) in [5, 5.41) is 22.5. The largest absolute Gasteiger partial charge is 0.390 e. The van der Waals surface area contributed by atoms with Gasteiger partial charge >= 0.3 is 0 Å². The topological polar surface area (TPSA) is 40.5 Å². The van der Waals surface area contributed by atoms with Crippen LogP contribution in [-0.2, 0) is 0 Å². The second-order valence-corrected chi connectivity index (χ2v) is 10.1. The molecule has 0 aromatic heterocycles. The van der Waals surface area contributed by atoms with E-state index in [1.54, 1.807) is 0 Å². The fourth-order valence-corrected chi connectivity index (χ4v) is 6.80. The molecule has 0 spiro atoms. The molecule has 0 aromatic carbocycles. The highest BCUT2D eigenvalue weighted by Crippen LogP contribution is 2.65. The van der Waals surface area contributed by atoms with Gasteiger partial charge in [0.05, 0.1) is 11.2 Å². The van der Waals surface area contributed by atoms with Crippen LogP contribution in [0.5, 0.6) is 0 Å². The maximum absolute atomic E-state index is 11.5. The van der Waals surface area contributed by atoms with E-state index in [0.29, 0.717) is 17.8 Å². The fourth-order valence-electron chi connectivity index (χ4n) is 6.80. The van der Waals surface area contributed by atoms with Gasteiger partial charge in [-0.15, -0.1) is 0 Å². The third kappa shape index (κ3) is 2.28. The van der Waals surface area contributed by atoms with Gasteiger partial charge in [-0.1, -0.05) is 41.0 Å². The molecule has 2 nitrogen and oxygen atoms in total. The van der Waals surface area contributed by atoms with Gasteiger partial charge in [0.15, 0.2) is 0 Å². The third-order valence-corrected chi connectivity index (χ3v) is 8.14. The highest BCUT2D eigenvalue weighted by Gasteiger charge is 2.62. The molecule has 0 heterocycles. The molecule has 22 heavy (non-hydrogen) atoms. The Balaban J connectivity index is 1.92. The zero-order valence-electron chi connectivity index (χ0n) is 15.3. The van der Waals surface area contributed by atoms with Gasteiger partial charge in [-0.25, -0.2) is 0 Å². The van der Waals surface area contributed by atoms with Gasteiger partial charge in [0.2, 0.25) is 0 Å². The zero-order chi connectivity index (χ0) is 16.4. The third-order valence-electron chi connectivity index (χ3n) is 8.14. The van der Waals surface area contributed by atoms with E-state index in [1.165, 1.54) is 19.3 Å². The Labute approximate surface area is 136 Å². The number of hydrogen-bond donors (Lipinski definition) is 2. The first-order chi connectivity index (χ1) is 10.0. The second kappa shape index (κ2) is 4.96. The summed E-state index contributed by atoms with van der Waals surface area (Å²) in [5.41, 5.74) is -0.651. The lowest BCUT2D eigenvalue weighted by atomic mass is 9.42. The Morgan fingerprint density at radius 3 is 2.14 bits per heavy atom. The highest BCUT2D eigenvalue weighted by molar-refractivity contribution is 5.13. The van der Waals surface area contributed by atoms with Crippen molar-refractivity contribution in [3.8, 4) is 0 Å². The van der Waals surface area contributed by atoms with Gasteiger partial charge in [0, 0.05) is 6.42 Å². The molecule has 2 N–H and O–H groups in total. The van der Waals surface area contributed by atoms with Gasteiger partial charge in [-0.05, 0) is 67.1 Å². The SMILES string of the molecule is CC(C)[C@@]1(O)CC[C@H]2[C@@](O)(CC[C@H]3C(C)(C)CCC[C@@]32C)C1. The van der Waals surface area contributed by atoms with Gasteiger partial charge in [0.25, 0.3) is 0 Å². The monoisotopic (exact) mass is 308 g/mol. The number of rotatable bonds is 1. The minimum atomic E-state index is -0.668. The maximum Gasteiger partial charge on any atom is 0.0708 e. The summed E-state index contributed by atoms with van der Waals surface area (Å²) < 4.78 is 0. The van der Waals surface area contributed by atoms with Crippen molar-refractivity contribution >= 4 is 0 Å². The van der Waals surface area contributed by atoms with Crippen LogP contribution < -0.4 is 0 Å². The second-order valence-electron chi connectivity index (χ2n) is 10.1. The Bertz CT molecular complexity index is 443. The zero-order valence-corrected chi connectivity index (χ0v) is 15.3. The molecule has 128 valence electrons. The molecule has 3 saturated carbocycles. The average molecular weight is 309 g/mol. The molecule has 0 bridgehead atoms. The summed E-state index contributed by atoms with van der Waals surface area (Å²) in [5.74, 6) is 1.33. The Hall–Kier alpha value is -0.0800. The normalized spacial score (nSPS) is 51.3. The lowest BCUT2D eigenvalue weighted by molar-refractivity contribution is -0.228. The van der Waals surface area contributed by atoms with Crippen molar-refractivity contribution in [1.82, 2.24) is 0 Å². The van der Waals surface area contributed by atoms with Crippen LogP contribution in [0.1, 0.15) is 86.0 Å². The molecule has 2 heteroatoms. The van der Waals surface area contributed by atoms with Gasteiger partial charge in [0.1, 0.15) is 0 Å². The van der Waals surface area contributed by atoms with E-state index < -0.39 is 11.2 Å². The molecule has 0 aliphatic heterocycles. The molecule has 0 unspecified atom stereocenters. The Morgan fingerprint density at radius 2 is 1.50 bits per heavy atom. The molecular formula is C20H36O2. The molecule has 3 rings (SSSR count). The molecule has 3 fully saturated rings. The van der Waals surface area contributed by atoms with Crippen molar-refractivity contribution in [2.45, 2.75) is 97.2 Å². The summed E-state index contributed by atoms with van der Waals surface area (Å²) in [4.78, 5) is 0. The highest BCUT2D eigenvalue weighted by atomic mass is 16.3. The van der Waals surface area contributed by atoms with Crippen LogP contribution in [0.3, 0.4) is 0 Å². The molecule has 5 atom stereocenters. The predicted octanol–water partition coefficient (Wildman–Crippen LogP) is 4.53. The van der Waals surface area contributed by atoms with Crippen LogP contribution in [0, 0.1) is 28.6 Å². The molecule has 0 aromatic rings. The van der Waals surface area contributed by atoms with Crippen LogP contribution in [0.15, 0.2) is 0 Å². The lowest BCUT2D eigenvalue weighted by Gasteiger charge is -2.64. The van der Waals surface area contributed by atoms with Crippen molar-refractivity contribution in [3.05, 3.63) is 0 Å². The minimum Gasteiger partial charge on any atom is -0.390 e. The number of aliphatic hydroxyl groups is 2. The summed E-state index contributed by atoms with van der Waals surface area (Å²) in [6.07, 6.45) is 8.34. The first kappa shape index (κ1) is 16.8. The smallest absolute Gasteiger partial charge is 0.0708 e. The summed E-state index contributed by atoms with van der Waals surface area (Å²) in [6, 6.07) is 0. The van der Waals surface area contributed by atoms with Gasteiger partial charge in [-0.3, -0.25) is 0 Å². The van der Waals surface area contributed by atoms with Crippen molar-refractivity contribution in [2.24, 2.45) is 28.6 Å². The lowest BCUT2D eigenvalue weighted by Crippen LogP contribution is -2.63. The Kier molecular flexibility index (Phi) is 3.78. The van der Waals surface area contributed by atoms with E-state index >= 15 is 0 Å². The summed E-state index contributed by atoms with van der Waals surface area (Å²) >= 11 is 0. The van der Waals surface area contributed by atoms with E-state index in [4.69, 9.17) is 0 Å². The standard InChI is InChI=1S/C20H36O2/c1-14(2)19(21)11-8-16-18(5)10-6-9-17(3,4)15(18)7-12-20(16,22)13-19/h14-16,21-22H,6-13H2,1-5H3/t15-,16+,18-,19+,20+/m0/s1. The van der Waals surface area contributed by atoms with Crippen molar-refractivity contribution in [2.75, 3.05) is 0 Å². The molecule has 0 radical (unpaired) electrons. The van der Waals surface area contributed by atoms with E-state index in [1.807, 2.05) is 0 Å². The minimum absolute atomic E-state index is 0.228. The molecule has 3 aliphatic carbocycles. The van der Waals surface area contributed by atoms with E-state index in [9.17, 15) is 10.2 Å². The molecule has 0 amide bonds. The van der Waals surface area contributed by atoms with Crippen LogP contribution in [0.2, 0.25) is 0 Å². The van der Waals surface area contributed by atoms with Crippen molar-refractivity contribution in [1.29, 1.82) is 0 Å². The molecule has 3 aliphatic rings. The summed E-state index contributed by atoms with van der Waals surface area (Å²) in [6.45, 7) is 11.5. The van der Waals surface area contributed by atoms with Crippen LogP contribution in [-0.4, -0.2) is 21.4 Å². The number of fused-ring (bicyclic) bond motifs is 3. The summed E-state index contributed by atoms with van der Waals surface area (Å²) in [7, 11) is 0. The van der Waals surface area contributed by atoms with Crippen LogP contribution in [0.4, 0.5) is 0 Å². The van der Waals surface area contributed by atoms with E-state index in [2.05, 4.69) is 34.6 Å². The van der Waals surface area contributed by atoms with Gasteiger partial charge in [-0.2, -0.15) is 0 Å². The average Bonchev–Trinajstić information content (AvgIpc) is 2.36. The fraction of sp³-hybridized carbons (Fsp3) is 1.00. The molecular weight excluding hydrogens is 272 g/mol. The van der Waals surface area contributed by atoms with Crippen molar-refractivity contribution < 1.29 is 10.2 Å². The molecule has 0 saturated heterocycles. The first-order valence-electron chi connectivity index (χ1n) is 9.48. The quantitative estimate of drug-likeness (QED) is 0.747. The van der Waals surface area contributed by atoms with Crippen LogP contribution in [0.25, 0.3) is 0 Å².